The van der Waals surface area contributed by atoms with Crippen molar-refractivity contribution in [2.24, 2.45) is 0 Å². The first kappa shape index (κ1) is 22.7. The first-order chi connectivity index (χ1) is 14.6. The van der Waals surface area contributed by atoms with Gasteiger partial charge in [0.05, 0.1) is 24.6 Å². The summed E-state index contributed by atoms with van der Waals surface area (Å²) in [5.74, 6) is 0.727. The van der Waals surface area contributed by atoms with Crippen LogP contribution in [0.5, 0.6) is 5.75 Å². The van der Waals surface area contributed by atoms with Gasteiger partial charge in [-0.2, -0.15) is 0 Å². The van der Waals surface area contributed by atoms with Crippen molar-refractivity contribution < 1.29 is 14.6 Å². The molecule has 3 rings (SSSR count). The Morgan fingerprint density at radius 1 is 1.07 bits per heavy atom. The quantitative estimate of drug-likeness (QED) is 0.297. The van der Waals surface area contributed by atoms with Gasteiger partial charge in [-0.1, -0.05) is 48.5 Å². The zero-order chi connectivity index (χ0) is 21.3. The second-order valence-corrected chi connectivity index (χ2v) is 9.10. The monoisotopic (exact) mass is 533 g/mol. The van der Waals surface area contributed by atoms with Crippen LogP contribution in [0.25, 0.3) is 0 Å². The molecule has 30 heavy (non-hydrogen) atoms. The number of rotatable bonds is 9. The smallest absolute Gasteiger partial charge is 0.240 e. The number of anilines is 1. The van der Waals surface area contributed by atoms with Crippen molar-refractivity contribution in [2.75, 3.05) is 18.6 Å². The topological polar surface area (TPSA) is 49.8 Å². The van der Waals surface area contributed by atoms with Crippen LogP contribution < -0.4 is 9.64 Å². The summed E-state index contributed by atoms with van der Waals surface area (Å²) in [6.07, 6.45) is 0.385. The number of carbonyl (C=O) groups excluding carboxylic acids is 1. The lowest BCUT2D eigenvalue weighted by Crippen LogP contribution is -2.38. The van der Waals surface area contributed by atoms with Crippen LogP contribution in [0.4, 0.5) is 5.69 Å². The first-order valence-electron chi connectivity index (χ1n) is 9.63. The molecule has 1 unspecified atom stereocenters. The van der Waals surface area contributed by atoms with Crippen LogP contribution in [0.1, 0.15) is 12.0 Å². The molecule has 1 amide bonds. The fourth-order valence-electron chi connectivity index (χ4n) is 3.07. The molecular formula is C24H24INO3S. The Morgan fingerprint density at radius 2 is 1.73 bits per heavy atom. The number of carbonyl (C=O) groups is 1. The maximum Gasteiger partial charge on any atom is 0.240 e. The van der Waals surface area contributed by atoms with Crippen LogP contribution in [0.2, 0.25) is 0 Å². The lowest BCUT2D eigenvalue weighted by Gasteiger charge is -2.28. The molecule has 0 bridgehead atoms. The molecule has 1 atom stereocenters. The maximum absolute atomic E-state index is 13.7. The molecule has 1 N–H and O–H groups in total. The van der Waals surface area contributed by atoms with Gasteiger partial charge in [-0.15, -0.1) is 11.8 Å². The van der Waals surface area contributed by atoms with Crippen LogP contribution in [0.15, 0.2) is 83.8 Å². The van der Waals surface area contributed by atoms with Crippen LogP contribution in [-0.2, 0) is 11.3 Å². The molecule has 4 nitrogen and oxygen atoms in total. The van der Waals surface area contributed by atoms with Gasteiger partial charge in [-0.3, -0.25) is 4.79 Å². The minimum Gasteiger partial charge on any atom is -0.497 e. The molecule has 0 fully saturated rings. The highest BCUT2D eigenvalue weighted by molar-refractivity contribution is 14.1. The van der Waals surface area contributed by atoms with Gasteiger partial charge in [0.1, 0.15) is 5.75 Å². The van der Waals surface area contributed by atoms with E-state index >= 15 is 0 Å². The molecule has 0 saturated carbocycles. The number of aliphatic hydroxyl groups excluding tert-OH is 1. The zero-order valence-electron chi connectivity index (χ0n) is 16.7. The van der Waals surface area contributed by atoms with Crippen molar-refractivity contribution in [1.29, 1.82) is 0 Å². The lowest BCUT2D eigenvalue weighted by atomic mass is 10.1. The van der Waals surface area contributed by atoms with Crippen molar-refractivity contribution >= 4 is 45.9 Å². The summed E-state index contributed by atoms with van der Waals surface area (Å²) in [6, 6.07) is 25.5. The molecule has 0 radical (unpaired) electrons. The van der Waals surface area contributed by atoms with E-state index in [1.807, 2.05) is 83.8 Å². The Labute approximate surface area is 195 Å². The molecule has 0 aromatic heterocycles. The highest BCUT2D eigenvalue weighted by Crippen LogP contribution is 2.32. The molecule has 3 aromatic rings. The van der Waals surface area contributed by atoms with E-state index < -0.39 is 0 Å². The van der Waals surface area contributed by atoms with Gasteiger partial charge >= 0.3 is 0 Å². The van der Waals surface area contributed by atoms with Gasteiger partial charge in [-0.25, -0.2) is 0 Å². The van der Waals surface area contributed by atoms with Gasteiger partial charge in [0, 0.05) is 15.1 Å². The molecule has 0 saturated heterocycles. The largest absolute Gasteiger partial charge is 0.497 e. The van der Waals surface area contributed by atoms with Gasteiger partial charge in [0.2, 0.25) is 5.91 Å². The highest BCUT2D eigenvalue weighted by Gasteiger charge is 2.27. The lowest BCUT2D eigenvalue weighted by molar-refractivity contribution is -0.118. The Bertz CT molecular complexity index is 953. The zero-order valence-corrected chi connectivity index (χ0v) is 19.7. The summed E-state index contributed by atoms with van der Waals surface area (Å²) in [7, 11) is 1.63. The standard InChI is InChI=1S/C24H24INO3S/c1-29-19-12-13-22(21(25)16-19)26(17-18-8-4-2-5-9-18)24(28)23(14-15-27)30-20-10-6-3-7-11-20/h2-13,16,23,27H,14-15,17H2,1H3. The van der Waals surface area contributed by atoms with E-state index in [9.17, 15) is 9.90 Å². The SMILES string of the molecule is COc1ccc(N(Cc2ccccc2)C(=O)C(CCO)Sc2ccccc2)c(I)c1. The Balaban J connectivity index is 1.95. The number of nitrogens with zero attached hydrogens (tertiary/aromatic N) is 1. The average molecular weight is 533 g/mol. The van der Waals surface area contributed by atoms with Gasteiger partial charge in [-0.05, 0) is 64.9 Å². The number of thioether (sulfide) groups is 1. The van der Waals surface area contributed by atoms with Crippen molar-refractivity contribution in [3.05, 3.63) is 88.0 Å². The minimum absolute atomic E-state index is 0.0233. The van der Waals surface area contributed by atoms with Crippen LogP contribution in [0, 0.1) is 3.57 Å². The van der Waals surface area contributed by atoms with Crippen LogP contribution in [-0.4, -0.2) is 30.0 Å². The summed E-state index contributed by atoms with van der Waals surface area (Å²) >= 11 is 3.73. The summed E-state index contributed by atoms with van der Waals surface area (Å²) in [5, 5.41) is 9.24. The van der Waals surface area contributed by atoms with E-state index in [2.05, 4.69) is 22.6 Å². The molecule has 156 valence electrons. The number of methoxy groups -OCH3 is 1. The fraction of sp³-hybridized carbons (Fsp3) is 0.208. The van der Waals surface area contributed by atoms with Crippen molar-refractivity contribution in [2.45, 2.75) is 23.1 Å². The Kier molecular flexibility index (Phi) is 8.60. The number of ether oxygens (including phenoxy) is 1. The van der Waals surface area contributed by atoms with Gasteiger partial charge in [0.25, 0.3) is 0 Å². The summed E-state index contributed by atoms with van der Waals surface area (Å²) in [6.45, 7) is 0.411. The van der Waals surface area contributed by atoms with E-state index in [0.29, 0.717) is 13.0 Å². The number of hydrogen-bond acceptors (Lipinski definition) is 4. The van der Waals surface area contributed by atoms with Crippen molar-refractivity contribution in [3.8, 4) is 5.75 Å². The molecule has 6 heteroatoms. The van der Waals surface area contributed by atoms with Crippen molar-refractivity contribution in [1.82, 2.24) is 0 Å². The van der Waals surface area contributed by atoms with Gasteiger partial charge < -0.3 is 14.7 Å². The van der Waals surface area contributed by atoms with E-state index in [0.717, 1.165) is 25.5 Å². The number of aliphatic hydroxyl groups is 1. The molecule has 0 aliphatic carbocycles. The third-order valence-corrected chi connectivity index (χ3v) is 6.71. The average Bonchev–Trinajstić information content (AvgIpc) is 2.78. The molecule has 0 spiro atoms. The molecular weight excluding hydrogens is 509 g/mol. The molecule has 3 aromatic carbocycles. The van der Waals surface area contributed by atoms with Crippen LogP contribution >= 0.6 is 34.4 Å². The number of halogens is 1. The minimum atomic E-state index is -0.390. The summed E-state index contributed by atoms with van der Waals surface area (Å²) in [5.41, 5.74) is 1.88. The first-order valence-corrected chi connectivity index (χ1v) is 11.6. The third-order valence-electron chi connectivity index (χ3n) is 4.58. The summed E-state index contributed by atoms with van der Waals surface area (Å²) < 4.78 is 6.26. The Morgan fingerprint density at radius 3 is 2.33 bits per heavy atom. The number of amides is 1. The number of benzene rings is 3. The number of hydrogen-bond donors (Lipinski definition) is 1. The molecule has 0 aliphatic rings. The molecule has 0 heterocycles. The second-order valence-electron chi connectivity index (χ2n) is 6.66. The maximum atomic E-state index is 13.7. The van der Waals surface area contributed by atoms with E-state index in [1.165, 1.54) is 11.8 Å². The highest BCUT2D eigenvalue weighted by atomic mass is 127. The van der Waals surface area contributed by atoms with Crippen LogP contribution in [0.3, 0.4) is 0 Å². The Hall–Kier alpha value is -2.03. The van der Waals surface area contributed by atoms with Gasteiger partial charge in [0.15, 0.2) is 0 Å². The predicted molar refractivity (Wildman–Crippen MR) is 131 cm³/mol. The predicted octanol–water partition coefficient (Wildman–Crippen LogP) is 5.38. The van der Waals surface area contributed by atoms with Crippen molar-refractivity contribution in [3.63, 3.8) is 0 Å². The fourth-order valence-corrected chi connectivity index (χ4v) is 4.94. The second kappa shape index (κ2) is 11.4. The molecule has 0 aliphatic heterocycles. The van der Waals surface area contributed by atoms with E-state index in [4.69, 9.17) is 4.74 Å². The van der Waals surface area contributed by atoms with E-state index in [-0.39, 0.29) is 17.8 Å². The summed E-state index contributed by atoms with van der Waals surface area (Å²) in [4.78, 5) is 16.5. The third kappa shape index (κ3) is 6.00. The normalized spacial score (nSPS) is 11.7. The van der Waals surface area contributed by atoms with E-state index in [1.54, 1.807) is 7.11 Å².